The SMILES string of the molecule is CCCN(C(=O)c1ccccc1)c1ccc2c(c1)nc(NC(=O)c1ccc(Cl)cc1)n2CCCn1ccnc1. The highest BCUT2D eigenvalue weighted by Gasteiger charge is 2.20. The Balaban J connectivity index is 1.48. The zero-order valence-electron chi connectivity index (χ0n) is 21.6. The summed E-state index contributed by atoms with van der Waals surface area (Å²) in [7, 11) is 0. The fraction of sp³-hybridized carbons (Fsp3) is 0.200. The van der Waals surface area contributed by atoms with Gasteiger partial charge in [-0.2, -0.15) is 0 Å². The van der Waals surface area contributed by atoms with Crippen molar-refractivity contribution < 1.29 is 9.59 Å². The predicted molar refractivity (Wildman–Crippen MR) is 154 cm³/mol. The highest BCUT2D eigenvalue weighted by Crippen LogP contribution is 2.27. The molecule has 0 aliphatic rings. The van der Waals surface area contributed by atoms with Gasteiger partial charge in [0, 0.05) is 53.9 Å². The number of carbonyl (C=O) groups is 2. The van der Waals surface area contributed by atoms with Crippen molar-refractivity contribution in [1.29, 1.82) is 0 Å². The van der Waals surface area contributed by atoms with Gasteiger partial charge < -0.3 is 14.0 Å². The van der Waals surface area contributed by atoms with Crippen molar-refractivity contribution in [2.75, 3.05) is 16.8 Å². The molecular weight excluding hydrogens is 512 g/mol. The minimum Gasteiger partial charge on any atom is -0.337 e. The van der Waals surface area contributed by atoms with Crippen molar-refractivity contribution >= 4 is 46.1 Å². The molecule has 5 aromatic rings. The number of imidazole rings is 2. The number of carbonyl (C=O) groups excluding carboxylic acids is 2. The van der Waals surface area contributed by atoms with Gasteiger partial charge in [0.25, 0.3) is 11.8 Å². The first-order valence-corrected chi connectivity index (χ1v) is 13.3. The molecule has 1 N–H and O–H groups in total. The van der Waals surface area contributed by atoms with Gasteiger partial charge in [0.05, 0.1) is 17.4 Å². The van der Waals surface area contributed by atoms with Gasteiger partial charge in [-0.1, -0.05) is 36.7 Å². The van der Waals surface area contributed by atoms with Crippen LogP contribution >= 0.6 is 11.6 Å². The zero-order valence-corrected chi connectivity index (χ0v) is 22.4. The van der Waals surface area contributed by atoms with Gasteiger partial charge in [-0.3, -0.25) is 14.9 Å². The fourth-order valence-electron chi connectivity index (χ4n) is 4.52. The summed E-state index contributed by atoms with van der Waals surface area (Å²) in [6.45, 7) is 4.03. The fourth-order valence-corrected chi connectivity index (χ4v) is 4.65. The molecule has 39 heavy (non-hydrogen) atoms. The standard InChI is InChI=1S/C30H29ClN6O2/c1-2-16-36(29(39)23-7-4-3-5-8-23)25-13-14-27-26(20-25)33-30(34-28(38)22-9-11-24(31)12-10-22)37(27)18-6-17-35-19-15-32-21-35/h3-5,7-15,19-21H,2,6,16-18H2,1H3,(H,33,34,38). The third kappa shape index (κ3) is 6.02. The van der Waals surface area contributed by atoms with E-state index in [2.05, 4.69) is 10.3 Å². The molecule has 8 nitrogen and oxygen atoms in total. The summed E-state index contributed by atoms with van der Waals surface area (Å²) in [6.07, 6.45) is 7.08. The van der Waals surface area contributed by atoms with Crippen LogP contribution < -0.4 is 10.2 Å². The van der Waals surface area contributed by atoms with Gasteiger partial charge in [0.1, 0.15) is 0 Å². The largest absolute Gasteiger partial charge is 0.337 e. The maximum Gasteiger partial charge on any atom is 0.258 e. The monoisotopic (exact) mass is 540 g/mol. The molecule has 0 saturated heterocycles. The number of nitrogens with zero attached hydrogens (tertiary/aromatic N) is 5. The molecule has 2 heterocycles. The first-order chi connectivity index (χ1) is 19.0. The molecule has 3 aromatic carbocycles. The topological polar surface area (TPSA) is 85.0 Å². The van der Waals surface area contributed by atoms with Gasteiger partial charge in [-0.05, 0) is 67.4 Å². The molecule has 0 bridgehead atoms. The number of nitrogens with one attached hydrogen (secondary N) is 1. The van der Waals surface area contributed by atoms with E-state index in [-0.39, 0.29) is 11.8 Å². The van der Waals surface area contributed by atoms with Crippen LogP contribution in [0.3, 0.4) is 0 Å². The number of aromatic nitrogens is 4. The van der Waals surface area contributed by atoms with Crippen LogP contribution in [0.15, 0.2) is 91.5 Å². The van der Waals surface area contributed by atoms with Crippen molar-refractivity contribution in [1.82, 2.24) is 19.1 Å². The highest BCUT2D eigenvalue weighted by atomic mass is 35.5. The van der Waals surface area contributed by atoms with Crippen LogP contribution in [-0.4, -0.2) is 37.5 Å². The minimum atomic E-state index is -0.273. The molecule has 2 amide bonds. The Morgan fingerprint density at radius 2 is 1.77 bits per heavy atom. The van der Waals surface area contributed by atoms with E-state index >= 15 is 0 Å². The summed E-state index contributed by atoms with van der Waals surface area (Å²) in [4.78, 5) is 37.1. The summed E-state index contributed by atoms with van der Waals surface area (Å²) in [5.74, 6) is 0.113. The summed E-state index contributed by atoms with van der Waals surface area (Å²) < 4.78 is 4.02. The molecule has 0 aliphatic carbocycles. The summed E-state index contributed by atoms with van der Waals surface area (Å²) in [6, 6.07) is 21.8. The maximum atomic E-state index is 13.4. The Morgan fingerprint density at radius 1 is 0.974 bits per heavy atom. The lowest BCUT2D eigenvalue weighted by molar-refractivity contribution is 0.0985. The molecule has 0 radical (unpaired) electrons. The molecule has 198 valence electrons. The number of hydrogen-bond donors (Lipinski definition) is 1. The van der Waals surface area contributed by atoms with E-state index in [4.69, 9.17) is 16.6 Å². The Kier molecular flexibility index (Phi) is 8.03. The van der Waals surface area contributed by atoms with E-state index in [9.17, 15) is 9.59 Å². The third-order valence-electron chi connectivity index (χ3n) is 6.45. The number of benzene rings is 3. The van der Waals surface area contributed by atoms with Crippen LogP contribution in [0.1, 0.15) is 40.5 Å². The first-order valence-electron chi connectivity index (χ1n) is 12.9. The molecule has 0 spiro atoms. The number of aryl methyl sites for hydroxylation is 2. The lowest BCUT2D eigenvalue weighted by atomic mass is 10.1. The lowest BCUT2D eigenvalue weighted by Gasteiger charge is -2.22. The van der Waals surface area contributed by atoms with Crippen molar-refractivity contribution in [3.63, 3.8) is 0 Å². The molecule has 0 unspecified atom stereocenters. The van der Waals surface area contributed by atoms with Gasteiger partial charge in [0.2, 0.25) is 5.95 Å². The molecule has 0 fully saturated rings. The van der Waals surface area contributed by atoms with Crippen molar-refractivity contribution in [3.05, 3.63) is 108 Å². The maximum absolute atomic E-state index is 13.4. The summed E-state index contributed by atoms with van der Waals surface area (Å²) >= 11 is 6.00. The quantitative estimate of drug-likeness (QED) is 0.226. The van der Waals surface area contributed by atoms with Crippen LogP contribution in [0.5, 0.6) is 0 Å². The van der Waals surface area contributed by atoms with E-state index in [1.165, 1.54) is 0 Å². The van der Waals surface area contributed by atoms with E-state index in [0.717, 1.165) is 30.6 Å². The van der Waals surface area contributed by atoms with Crippen LogP contribution in [-0.2, 0) is 13.1 Å². The molecular formula is C30H29ClN6O2. The van der Waals surface area contributed by atoms with Gasteiger partial charge in [0.15, 0.2) is 0 Å². The second kappa shape index (κ2) is 12.0. The molecule has 0 aliphatic heterocycles. The zero-order chi connectivity index (χ0) is 27.2. The number of fused-ring (bicyclic) bond motifs is 1. The normalized spacial score (nSPS) is 11.0. The number of hydrogen-bond acceptors (Lipinski definition) is 4. The third-order valence-corrected chi connectivity index (χ3v) is 6.70. The van der Waals surface area contributed by atoms with Gasteiger partial charge >= 0.3 is 0 Å². The molecule has 0 saturated carbocycles. The summed E-state index contributed by atoms with van der Waals surface area (Å²) in [5, 5.41) is 3.53. The van der Waals surface area contributed by atoms with Gasteiger partial charge in [-0.15, -0.1) is 0 Å². The van der Waals surface area contributed by atoms with Crippen LogP contribution in [0.2, 0.25) is 5.02 Å². The smallest absolute Gasteiger partial charge is 0.258 e. The van der Waals surface area contributed by atoms with E-state index in [0.29, 0.717) is 40.7 Å². The second-order valence-corrected chi connectivity index (χ2v) is 9.63. The Bertz CT molecular complexity index is 1560. The minimum absolute atomic E-state index is 0.0622. The predicted octanol–water partition coefficient (Wildman–Crippen LogP) is 6.29. The average molecular weight is 541 g/mol. The van der Waals surface area contributed by atoms with E-state index < -0.39 is 0 Å². The van der Waals surface area contributed by atoms with Crippen LogP contribution in [0.25, 0.3) is 11.0 Å². The number of halogens is 1. The number of anilines is 2. The van der Waals surface area contributed by atoms with Crippen molar-refractivity contribution in [2.45, 2.75) is 32.9 Å². The molecule has 2 aromatic heterocycles. The lowest BCUT2D eigenvalue weighted by Crippen LogP contribution is -2.31. The Labute approximate surface area is 231 Å². The van der Waals surface area contributed by atoms with Crippen molar-refractivity contribution in [2.24, 2.45) is 0 Å². The van der Waals surface area contributed by atoms with Crippen molar-refractivity contribution in [3.8, 4) is 0 Å². The molecule has 0 atom stereocenters. The van der Waals surface area contributed by atoms with Crippen LogP contribution in [0, 0.1) is 0 Å². The first kappa shape index (κ1) is 26.2. The average Bonchev–Trinajstić information content (AvgIpc) is 3.60. The number of amides is 2. The Hall–Kier alpha value is -4.43. The van der Waals surface area contributed by atoms with E-state index in [1.807, 2.05) is 70.8 Å². The van der Waals surface area contributed by atoms with E-state index in [1.54, 1.807) is 41.7 Å². The second-order valence-electron chi connectivity index (χ2n) is 9.20. The van der Waals surface area contributed by atoms with Gasteiger partial charge in [-0.25, -0.2) is 9.97 Å². The Morgan fingerprint density at radius 3 is 2.49 bits per heavy atom. The molecule has 9 heteroatoms. The highest BCUT2D eigenvalue weighted by molar-refractivity contribution is 6.30. The number of rotatable bonds is 10. The van der Waals surface area contributed by atoms with Crippen LogP contribution in [0.4, 0.5) is 11.6 Å². The molecule has 5 rings (SSSR count). The summed E-state index contributed by atoms with van der Waals surface area (Å²) in [5.41, 5.74) is 3.45.